The monoisotopic (exact) mass is 523 g/mol. The van der Waals surface area contributed by atoms with Crippen LogP contribution in [0.1, 0.15) is 46.1 Å². The van der Waals surface area contributed by atoms with Crippen LogP contribution >= 0.6 is 24.0 Å². The number of nitrogens with zero attached hydrogens (tertiary/aromatic N) is 1. The molecule has 28 heavy (non-hydrogen) atoms. The van der Waals surface area contributed by atoms with E-state index in [1.54, 1.807) is 0 Å². The number of sulfone groups is 1. The number of nitrogens with one attached hydrogen (secondary N) is 2. The Morgan fingerprint density at radius 2 is 1.86 bits per heavy atom. The van der Waals surface area contributed by atoms with Crippen LogP contribution in [0.15, 0.2) is 29.3 Å². The highest BCUT2D eigenvalue weighted by Crippen LogP contribution is 2.46. The topological polar surface area (TPSA) is 79.8 Å². The van der Waals surface area contributed by atoms with Gasteiger partial charge < -0.3 is 15.4 Å². The van der Waals surface area contributed by atoms with E-state index >= 15 is 0 Å². The predicted molar refractivity (Wildman–Crippen MR) is 126 cm³/mol. The summed E-state index contributed by atoms with van der Waals surface area (Å²) in [6, 6.07) is 7.91. The van der Waals surface area contributed by atoms with Crippen LogP contribution in [0.3, 0.4) is 0 Å². The molecule has 1 aliphatic carbocycles. The van der Waals surface area contributed by atoms with Crippen LogP contribution in [0.25, 0.3) is 0 Å². The van der Waals surface area contributed by atoms with E-state index in [-0.39, 0.29) is 40.7 Å². The van der Waals surface area contributed by atoms with Crippen molar-refractivity contribution in [2.24, 2.45) is 10.4 Å². The average molecular weight is 523 g/mol. The van der Waals surface area contributed by atoms with Gasteiger partial charge in [-0.15, -0.1) is 24.0 Å². The second kappa shape index (κ2) is 10.1. The second-order valence-corrected chi connectivity index (χ2v) is 10.6. The maximum Gasteiger partial charge on any atom is 0.191 e. The van der Waals surface area contributed by atoms with E-state index in [1.165, 1.54) is 6.26 Å². The summed E-state index contributed by atoms with van der Waals surface area (Å²) < 4.78 is 29.3. The lowest BCUT2D eigenvalue weighted by molar-refractivity contribution is 0.129. The van der Waals surface area contributed by atoms with Crippen molar-refractivity contribution in [2.75, 3.05) is 25.1 Å². The molecular formula is C20H34IN3O3S. The third-order valence-corrected chi connectivity index (χ3v) is 5.43. The Balaban J connectivity index is 0.00000392. The standard InChI is InChI=1S/C20H33N3O3S.HI/c1-6-21-18(23-14-20(11-12-20)15-27(5,24)25)22-13-16-9-7-8-10-17(16)26-19(2,3)4;/h7-10H,6,11-15H2,1-5H3,(H2,21,22,23);1H. The fraction of sp³-hybridized carbons (Fsp3) is 0.650. The van der Waals surface area contributed by atoms with Gasteiger partial charge in [0.2, 0.25) is 0 Å². The molecule has 0 unspecified atom stereocenters. The van der Waals surface area contributed by atoms with E-state index < -0.39 is 9.84 Å². The molecule has 0 atom stereocenters. The first-order chi connectivity index (χ1) is 12.5. The first kappa shape index (κ1) is 25.0. The van der Waals surface area contributed by atoms with Crippen molar-refractivity contribution >= 4 is 39.8 Å². The summed E-state index contributed by atoms with van der Waals surface area (Å²) in [5.74, 6) is 1.76. The van der Waals surface area contributed by atoms with Crippen LogP contribution < -0.4 is 15.4 Å². The SMILES string of the molecule is CCNC(=NCc1ccccc1OC(C)(C)C)NCC1(CS(C)(=O)=O)CC1.I. The second-order valence-electron chi connectivity index (χ2n) is 8.44. The molecule has 160 valence electrons. The highest BCUT2D eigenvalue weighted by molar-refractivity contribution is 14.0. The third kappa shape index (κ3) is 8.98. The van der Waals surface area contributed by atoms with Gasteiger partial charge >= 0.3 is 0 Å². The Morgan fingerprint density at radius 3 is 2.39 bits per heavy atom. The molecular weight excluding hydrogens is 489 g/mol. The van der Waals surface area contributed by atoms with Gasteiger partial charge in [0.25, 0.3) is 0 Å². The number of hydrogen-bond donors (Lipinski definition) is 2. The molecule has 0 spiro atoms. The number of hydrogen-bond acceptors (Lipinski definition) is 4. The van der Waals surface area contributed by atoms with E-state index in [2.05, 4.69) is 15.6 Å². The summed E-state index contributed by atoms with van der Waals surface area (Å²) in [4.78, 5) is 4.67. The van der Waals surface area contributed by atoms with Gasteiger partial charge in [-0.3, -0.25) is 0 Å². The quantitative estimate of drug-likeness (QED) is 0.311. The maximum absolute atomic E-state index is 11.6. The molecule has 0 aliphatic heterocycles. The zero-order valence-electron chi connectivity index (χ0n) is 17.5. The van der Waals surface area contributed by atoms with Crippen LogP contribution in [-0.2, 0) is 16.4 Å². The number of aliphatic imine (C=N–C) groups is 1. The fourth-order valence-corrected chi connectivity index (χ4v) is 4.45. The Bertz CT molecular complexity index is 769. The fourth-order valence-electron chi connectivity index (χ4n) is 2.95. The lowest BCUT2D eigenvalue weighted by atomic mass is 10.1. The normalized spacial score (nSPS) is 16.1. The molecule has 1 aromatic rings. The molecule has 0 heterocycles. The van der Waals surface area contributed by atoms with E-state index in [4.69, 9.17) is 4.74 Å². The minimum Gasteiger partial charge on any atom is -0.488 e. The third-order valence-electron chi connectivity index (χ3n) is 4.30. The van der Waals surface area contributed by atoms with Crippen LogP contribution in [-0.4, -0.2) is 45.1 Å². The Hall–Kier alpha value is -1.03. The van der Waals surface area contributed by atoms with Gasteiger partial charge in [0, 0.05) is 30.3 Å². The zero-order chi connectivity index (χ0) is 20.1. The molecule has 1 aromatic carbocycles. The van der Waals surface area contributed by atoms with Crippen molar-refractivity contribution in [1.29, 1.82) is 0 Å². The van der Waals surface area contributed by atoms with E-state index in [0.29, 0.717) is 19.0 Å². The van der Waals surface area contributed by atoms with Crippen molar-refractivity contribution in [3.05, 3.63) is 29.8 Å². The van der Waals surface area contributed by atoms with Gasteiger partial charge in [-0.2, -0.15) is 0 Å². The number of rotatable bonds is 8. The van der Waals surface area contributed by atoms with Crippen LogP contribution in [0, 0.1) is 5.41 Å². The van der Waals surface area contributed by atoms with Gasteiger partial charge in [0.15, 0.2) is 5.96 Å². The number of benzene rings is 1. The molecule has 1 saturated carbocycles. The minimum atomic E-state index is -2.97. The molecule has 1 aliphatic rings. The van der Waals surface area contributed by atoms with Crippen molar-refractivity contribution in [1.82, 2.24) is 10.6 Å². The largest absolute Gasteiger partial charge is 0.488 e. The lowest BCUT2D eigenvalue weighted by Crippen LogP contribution is -2.41. The van der Waals surface area contributed by atoms with Crippen LogP contribution in [0.5, 0.6) is 5.75 Å². The van der Waals surface area contributed by atoms with Gasteiger partial charge in [-0.25, -0.2) is 13.4 Å². The molecule has 2 N–H and O–H groups in total. The summed E-state index contributed by atoms with van der Waals surface area (Å²) in [5, 5.41) is 6.55. The Morgan fingerprint density at radius 1 is 1.21 bits per heavy atom. The summed E-state index contributed by atoms with van der Waals surface area (Å²) in [5.41, 5.74) is 0.603. The molecule has 6 nitrogen and oxygen atoms in total. The molecule has 0 bridgehead atoms. The molecule has 1 fully saturated rings. The summed E-state index contributed by atoms with van der Waals surface area (Å²) >= 11 is 0. The summed E-state index contributed by atoms with van der Waals surface area (Å²) in [6.07, 6.45) is 3.18. The Labute approximate surface area is 186 Å². The highest BCUT2D eigenvalue weighted by atomic mass is 127. The smallest absolute Gasteiger partial charge is 0.191 e. The van der Waals surface area contributed by atoms with Crippen molar-refractivity contribution in [3.63, 3.8) is 0 Å². The predicted octanol–water partition coefficient (Wildman–Crippen LogP) is 3.36. The first-order valence-electron chi connectivity index (χ1n) is 9.49. The van der Waals surface area contributed by atoms with Gasteiger partial charge in [-0.05, 0) is 46.6 Å². The zero-order valence-corrected chi connectivity index (χ0v) is 20.7. The van der Waals surface area contributed by atoms with Gasteiger partial charge in [0.05, 0.1) is 12.3 Å². The molecule has 0 radical (unpaired) electrons. The number of ether oxygens (including phenoxy) is 1. The molecule has 0 saturated heterocycles. The summed E-state index contributed by atoms with van der Waals surface area (Å²) in [6.45, 7) is 9.93. The number of para-hydroxylation sites is 1. The first-order valence-corrected chi connectivity index (χ1v) is 11.5. The highest BCUT2D eigenvalue weighted by Gasteiger charge is 2.45. The molecule has 2 rings (SSSR count). The average Bonchev–Trinajstić information content (AvgIpc) is 3.27. The van der Waals surface area contributed by atoms with E-state index in [0.717, 1.165) is 30.7 Å². The molecule has 8 heteroatoms. The molecule has 0 aromatic heterocycles. The van der Waals surface area contributed by atoms with E-state index in [1.807, 2.05) is 52.0 Å². The van der Waals surface area contributed by atoms with Gasteiger partial charge in [-0.1, -0.05) is 18.2 Å². The van der Waals surface area contributed by atoms with Crippen molar-refractivity contribution < 1.29 is 13.2 Å². The Kier molecular flexibility index (Phi) is 9.05. The maximum atomic E-state index is 11.6. The number of halogens is 1. The van der Waals surface area contributed by atoms with Crippen molar-refractivity contribution in [2.45, 2.75) is 52.7 Å². The number of guanidine groups is 1. The molecule has 0 amide bonds. The lowest BCUT2D eigenvalue weighted by Gasteiger charge is -2.23. The van der Waals surface area contributed by atoms with Gasteiger partial charge in [0.1, 0.15) is 21.2 Å². The van der Waals surface area contributed by atoms with Crippen molar-refractivity contribution in [3.8, 4) is 5.75 Å². The minimum absolute atomic E-state index is 0. The van der Waals surface area contributed by atoms with Crippen LogP contribution in [0.4, 0.5) is 0 Å². The summed E-state index contributed by atoms with van der Waals surface area (Å²) in [7, 11) is -2.97. The van der Waals surface area contributed by atoms with Crippen LogP contribution in [0.2, 0.25) is 0 Å². The van der Waals surface area contributed by atoms with E-state index in [9.17, 15) is 8.42 Å².